The van der Waals surface area contributed by atoms with Crippen molar-refractivity contribution in [3.8, 4) is 51.0 Å². The highest BCUT2D eigenvalue weighted by molar-refractivity contribution is 6.14. The lowest BCUT2D eigenvalue weighted by atomic mass is 10.0. The highest BCUT2D eigenvalue weighted by Gasteiger charge is 2.27. The van der Waals surface area contributed by atoms with Gasteiger partial charge < -0.3 is 14.5 Å². The smallest absolute Gasteiger partial charge is 0.196 e. The molecule has 1 aliphatic rings. The number of fused-ring (bicyclic) bond motifs is 5. The van der Waals surface area contributed by atoms with Gasteiger partial charge >= 0.3 is 0 Å². The lowest BCUT2D eigenvalue weighted by molar-refractivity contribution is 0.260. The predicted molar refractivity (Wildman–Crippen MR) is 182 cm³/mol. The van der Waals surface area contributed by atoms with Gasteiger partial charge in [-0.2, -0.15) is 0 Å². The van der Waals surface area contributed by atoms with E-state index >= 15 is 0 Å². The maximum atomic E-state index is 6.32. The third kappa shape index (κ3) is 4.55. The molecule has 218 valence electrons. The fourth-order valence-corrected chi connectivity index (χ4v) is 6.12. The number of ether oxygens (including phenoxy) is 1. The lowest BCUT2D eigenvalue weighted by Crippen LogP contribution is -2.09. The first kappa shape index (κ1) is 26.2. The van der Waals surface area contributed by atoms with Crippen LogP contribution in [-0.2, 0) is 0 Å². The summed E-state index contributed by atoms with van der Waals surface area (Å²) in [6, 6.07) is 48.9. The Kier molecular flexibility index (Phi) is 6.09. The van der Waals surface area contributed by atoms with Crippen molar-refractivity contribution in [2.24, 2.45) is 0 Å². The van der Waals surface area contributed by atoms with Crippen molar-refractivity contribution in [3.05, 3.63) is 151 Å². The molecule has 1 atom stereocenters. The van der Waals surface area contributed by atoms with Crippen LogP contribution in [-0.4, -0.2) is 15.0 Å². The molecule has 1 unspecified atom stereocenters. The molecule has 3 heterocycles. The number of anilines is 1. The van der Waals surface area contributed by atoms with E-state index in [9.17, 15) is 0 Å². The van der Waals surface area contributed by atoms with Gasteiger partial charge in [-0.1, -0.05) is 109 Å². The van der Waals surface area contributed by atoms with Gasteiger partial charge in [-0.3, -0.25) is 0 Å². The summed E-state index contributed by atoms with van der Waals surface area (Å²) in [4.78, 5) is 15.0. The quantitative estimate of drug-likeness (QED) is 0.214. The Labute approximate surface area is 265 Å². The summed E-state index contributed by atoms with van der Waals surface area (Å²) < 4.78 is 12.6. The Bertz CT molecular complexity index is 2370. The SMILES string of the molecule is c1ccc(-c2cccc(-c3nc(-c4ccccc4)nc(-c4ccc5oc6ccc7c(c6c5c4)NC(c4ccccc4)O7)n3)c2)cc1. The van der Waals surface area contributed by atoms with E-state index in [0.29, 0.717) is 17.5 Å². The van der Waals surface area contributed by atoms with E-state index in [-0.39, 0.29) is 6.23 Å². The van der Waals surface area contributed by atoms with E-state index in [1.54, 1.807) is 0 Å². The summed E-state index contributed by atoms with van der Waals surface area (Å²) in [5.41, 5.74) is 8.50. The molecule has 0 amide bonds. The molecule has 0 bridgehead atoms. The van der Waals surface area contributed by atoms with E-state index < -0.39 is 0 Å². The van der Waals surface area contributed by atoms with Gasteiger partial charge in [0, 0.05) is 27.6 Å². The molecule has 6 nitrogen and oxygen atoms in total. The molecule has 46 heavy (non-hydrogen) atoms. The maximum Gasteiger partial charge on any atom is 0.196 e. The number of nitrogens with zero attached hydrogens (tertiary/aromatic N) is 3. The van der Waals surface area contributed by atoms with E-state index in [1.807, 2.05) is 103 Å². The van der Waals surface area contributed by atoms with Crippen LogP contribution in [0.1, 0.15) is 11.8 Å². The Morgan fingerprint density at radius 3 is 1.80 bits per heavy atom. The standard InChI is InChI=1S/C40H26N4O2/c1-4-11-25(12-5-1)28-17-10-18-29(23-28)38-42-37(26-13-6-2-7-14-26)43-39(44-38)30-19-20-32-31(24-30)35-33(45-32)21-22-34-36(35)41-40(46-34)27-15-8-3-9-16-27/h1-24,40-41H. The van der Waals surface area contributed by atoms with Crippen LogP contribution in [0.15, 0.2) is 150 Å². The number of aromatic nitrogens is 3. The topological polar surface area (TPSA) is 73.1 Å². The van der Waals surface area contributed by atoms with Gasteiger partial charge in [-0.25, -0.2) is 15.0 Å². The van der Waals surface area contributed by atoms with Gasteiger partial charge in [-0.05, 0) is 47.5 Å². The van der Waals surface area contributed by atoms with Gasteiger partial charge in [0.2, 0.25) is 0 Å². The first-order chi connectivity index (χ1) is 22.8. The number of benzene rings is 6. The van der Waals surface area contributed by atoms with Crippen LogP contribution < -0.4 is 10.1 Å². The molecule has 1 aliphatic heterocycles. The summed E-state index contributed by atoms with van der Waals surface area (Å²) in [5.74, 6) is 2.61. The third-order valence-electron chi connectivity index (χ3n) is 8.37. The zero-order valence-corrected chi connectivity index (χ0v) is 24.6. The second-order valence-electron chi connectivity index (χ2n) is 11.3. The second kappa shape index (κ2) is 10.7. The minimum absolute atomic E-state index is 0.277. The van der Waals surface area contributed by atoms with Crippen LogP contribution in [0.25, 0.3) is 67.2 Å². The second-order valence-corrected chi connectivity index (χ2v) is 11.3. The van der Waals surface area contributed by atoms with Gasteiger partial charge in [0.15, 0.2) is 23.7 Å². The van der Waals surface area contributed by atoms with Gasteiger partial charge in [0.25, 0.3) is 0 Å². The lowest BCUT2D eigenvalue weighted by Gasteiger charge is -2.11. The van der Waals surface area contributed by atoms with Crippen molar-refractivity contribution < 1.29 is 9.15 Å². The number of hydrogen-bond donors (Lipinski definition) is 1. The van der Waals surface area contributed by atoms with Crippen molar-refractivity contribution in [1.29, 1.82) is 0 Å². The van der Waals surface area contributed by atoms with Crippen molar-refractivity contribution in [1.82, 2.24) is 15.0 Å². The average molecular weight is 595 g/mol. The molecule has 8 aromatic rings. The van der Waals surface area contributed by atoms with Crippen molar-refractivity contribution in [2.75, 3.05) is 5.32 Å². The summed E-state index contributed by atoms with van der Waals surface area (Å²) in [7, 11) is 0. The molecule has 9 rings (SSSR count). The van der Waals surface area contributed by atoms with Crippen molar-refractivity contribution in [2.45, 2.75) is 6.23 Å². The van der Waals surface area contributed by atoms with E-state index in [1.165, 1.54) is 0 Å². The highest BCUT2D eigenvalue weighted by atomic mass is 16.5. The molecule has 1 N–H and O–H groups in total. The van der Waals surface area contributed by atoms with Crippen LogP contribution in [0, 0.1) is 0 Å². The highest BCUT2D eigenvalue weighted by Crippen LogP contribution is 2.46. The van der Waals surface area contributed by atoms with E-state index in [0.717, 1.165) is 66.8 Å². The summed E-state index contributed by atoms with van der Waals surface area (Å²) in [6.07, 6.45) is -0.277. The zero-order chi connectivity index (χ0) is 30.5. The fourth-order valence-electron chi connectivity index (χ4n) is 6.12. The Balaban J connectivity index is 1.19. The molecule has 0 aliphatic carbocycles. The summed E-state index contributed by atoms with van der Waals surface area (Å²) >= 11 is 0. The number of hydrogen-bond acceptors (Lipinski definition) is 6. The summed E-state index contributed by atoms with van der Waals surface area (Å²) in [5, 5.41) is 5.52. The van der Waals surface area contributed by atoms with Crippen molar-refractivity contribution >= 4 is 27.6 Å². The van der Waals surface area contributed by atoms with Crippen molar-refractivity contribution in [3.63, 3.8) is 0 Å². The van der Waals surface area contributed by atoms with Gasteiger partial charge in [0.1, 0.15) is 16.9 Å². The maximum absolute atomic E-state index is 6.32. The Morgan fingerprint density at radius 2 is 1.07 bits per heavy atom. The Morgan fingerprint density at radius 1 is 0.478 bits per heavy atom. The molecule has 0 saturated heterocycles. The normalized spacial score (nSPS) is 13.8. The minimum atomic E-state index is -0.277. The van der Waals surface area contributed by atoms with Gasteiger partial charge in [0.05, 0.1) is 11.1 Å². The number of furan rings is 1. The fraction of sp³-hybridized carbons (Fsp3) is 0.0250. The first-order valence-electron chi connectivity index (χ1n) is 15.2. The monoisotopic (exact) mass is 594 g/mol. The largest absolute Gasteiger partial charge is 0.464 e. The van der Waals surface area contributed by atoms with Crippen LogP contribution in [0.3, 0.4) is 0 Å². The first-order valence-corrected chi connectivity index (χ1v) is 15.2. The molecular weight excluding hydrogens is 568 g/mol. The van der Waals surface area contributed by atoms with Crippen LogP contribution >= 0.6 is 0 Å². The average Bonchev–Trinajstić information content (AvgIpc) is 3.74. The molecule has 0 fully saturated rings. The zero-order valence-electron chi connectivity index (χ0n) is 24.6. The van der Waals surface area contributed by atoms with E-state index in [4.69, 9.17) is 24.1 Å². The van der Waals surface area contributed by atoms with Crippen LogP contribution in [0.5, 0.6) is 5.75 Å². The molecular formula is C40H26N4O2. The summed E-state index contributed by atoms with van der Waals surface area (Å²) in [6.45, 7) is 0. The third-order valence-corrected chi connectivity index (χ3v) is 8.37. The minimum Gasteiger partial charge on any atom is -0.464 e. The molecule has 0 radical (unpaired) electrons. The molecule has 6 aromatic carbocycles. The molecule has 6 heteroatoms. The molecule has 2 aromatic heterocycles. The van der Waals surface area contributed by atoms with Crippen LogP contribution in [0.2, 0.25) is 0 Å². The number of rotatable bonds is 5. The Hall–Kier alpha value is -6.27. The number of nitrogens with one attached hydrogen (secondary N) is 1. The van der Waals surface area contributed by atoms with Crippen LogP contribution in [0.4, 0.5) is 5.69 Å². The predicted octanol–water partition coefficient (Wildman–Crippen LogP) is 9.94. The van der Waals surface area contributed by atoms with Gasteiger partial charge in [-0.15, -0.1) is 0 Å². The van der Waals surface area contributed by atoms with E-state index in [2.05, 4.69) is 47.8 Å². The molecule has 0 spiro atoms. The molecule has 0 saturated carbocycles.